The van der Waals surface area contributed by atoms with Crippen molar-refractivity contribution in [1.29, 1.82) is 5.26 Å². The van der Waals surface area contributed by atoms with Crippen molar-refractivity contribution in [3.63, 3.8) is 0 Å². The Bertz CT molecular complexity index is 682. The Hall–Kier alpha value is -1.92. The summed E-state index contributed by atoms with van der Waals surface area (Å²) in [7, 11) is -2.95. The Kier molecular flexibility index (Phi) is 2.84. The molecule has 1 aromatic heterocycles. The zero-order chi connectivity index (χ0) is 13.5. The monoisotopic (exact) mass is 286 g/mol. The SMILES string of the molecule is COC(=O)CN1C(=O)c2sc(C#N)cc2S1(=O)=O. The first-order valence-corrected chi connectivity index (χ1v) is 6.85. The van der Waals surface area contributed by atoms with Gasteiger partial charge in [-0.25, -0.2) is 12.7 Å². The fraction of sp³-hybridized carbons (Fsp3) is 0.222. The van der Waals surface area contributed by atoms with E-state index in [9.17, 15) is 18.0 Å². The van der Waals surface area contributed by atoms with Crippen molar-refractivity contribution in [2.45, 2.75) is 4.90 Å². The van der Waals surface area contributed by atoms with Gasteiger partial charge in [0.15, 0.2) is 0 Å². The summed E-state index contributed by atoms with van der Waals surface area (Å²) in [5.74, 6) is -1.63. The van der Waals surface area contributed by atoms with Crippen LogP contribution in [0, 0.1) is 11.3 Å². The Balaban J connectivity index is 2.47. The zero-order valence-corrected chi connectivity index (χ0v) is 10.7. The molecular formula is C9H6N2O5S2. The lowest BCUT2D eigenvalue weighted by molar-refractivity contribution is -0.140. The fourth-order valence-corrected chi connectivity index (χ4v) is 4.23. The van der Waals surface area contributed by atoms with Crippen LogP contribution in [0.5, 0.6) is 0 Å². The molecule has 94 valence electrons. The van der Waals surface area contributed by atoms with Crippen molar-refractivity contribution in [1.82, 2.24) is 4.31 Å². The molecule has 0 saturated carbocycles. The quantitative estimate of drug-likeness (QED) is 0.705. The number of nitrogens with zero attached hydrogens (tertiary/aromatic N) is 2. The van der Waals surface area contributed by atoms with Crippen LogP contribution in [0.4, 0.5) is 0 Å². The van der Waals surface area contributed by atoms with Gasteiger partial charge < -0.3 is 4.74 Å². The molecule has 9 heteroatoms. The van der Waals surface area contributed by atoms with E-state index in [1.54, 1.807) is 6.07 Å². The molecular weight excluding hydrogens is 280 g/mol. The van der Waals surface area contributed by atoms with Crippen molar-refractivity contribution in [2.24, 2.45) is 0 Å². The van der Waals surface area contributed by atoms with Gasteiger partial charge in [0.2, 0.25) is 0 Å². The average molecular weight is 286 g/mol. The zero-order valence-electron chi connectivity index (χ0n) is 9.04. The van der Waals surface area contributed by atoms with Gasteiger partial charge >= 0.3 is 5.97 Å². The van der Waals surface area contributed by atoms with Crippen LogP contribution in [0.1, 0.15) is 14.5 Å². The highest BCUT2D eigenvalue weighted by Gasteiger charge is 2.44. The number of methoxy groups -OCH3 is 1. The number of hydrogen-bond donors (Lipinski definition) is 0. The maximum absolute atomic E-state index is 12.0. The number of amides is 1. The Morgan fingerprint density at radius 3 is 2.78 bits per heavy atom. The summed E-state index contributed by atoms with van der Waals surface area (Å²) in [5.41, 5.74) is 0. The van der Waals surface area contributed by atoms with E-state index < -0.39 is 28.4 Å². The molecule has 1 aliphatic heterocycles. The van der Waals surface area contributed by atoms with Gasteiger partial charge in [0.1, 0.15) is 27.3 Å². The van der Waals surface area contributed by atoms with Gasteiger partial charge in [-0.2, -0.15) is 5.26 Å². The molecule has 0 aliphatic carbocycles. The number of thiophene rings is 1. The van der Waals surface area contributed by atoms with Gasteiger partial charge in [-0.05, 0) is 6.07 Å². The summed E-state index contributed by atoms with van der Waals surface area (Å²) in [5, 5.41) is 8.67. The van der Waals surface area contributed by atoms with Crippen molar-refractivity contribution in [3.8, 4) is 6.07 Å². The Morgan fingerprint density at radius 2 is 2.28 bits per heavy atom. The Morgan fingerprint density at radius 1 is 1.61 bits per heavy atom. The molecule has 18 heavy (non-hydrogen) atoms. The van der Waals surface area contributed by atoms with Crippen LogP contribution in [0.25, 0.3) is 0 Å². The average Bonchev–Trinajstić information content (AvgIpc) is 2.84. The maximum Gasteiger partial charge on any atom is 0.326 e. The van der Waals surface area contributed by atoms with Crippen LogP contribution < -0.4 is 0 Å². The summed E-state index contributed by atoms with van der Waals surface area (Å²) in [4.78, 5) is 22.8. The van der Waals surface area contributed by atoms with E-state index in [1.165, 1.54) is 0 Å². The van der Waals surface area contributed by atoms with Crippen molar-refractivity contribution in [3.05, 3.63) is 15.8 Å². The second kappa shape index (κ2) is 4.08. The van der Waals surface area contributed by atoms with Crippen LogP contribution in [0.2, 0.25) is 0 Å². The number of nitriles is 1. The molecule has 1 amide bonds. The normalized spacial score (nSPS) is 16.2. The highest BCUT2D eigenvalue weighted by atomic mass is 32.2. The molecule has 2 heterocycles. The minimum Gasteiger partial charge on any atom is -0.468 e. The molecule has 1 aromatic rings. The number of carbonyl (C=O) groups is 2. The molecule has 0 aromatic carbocycles. The molecule has 0 saturated heterocycles. The minimum absolute atomic E-state index is 0.0459. The van der Waals surface area contributed by atoms with E-state index in [4.69, 9.17) is 5.26 Å². The van der Waals surface area contributed by atoms with Gasteiger partial charge in [-0.3, -0.25) is 9.59 Å². The third-order valence-corrected chi connectivity index (χ3v) is 5.21. The number of esters is 1. The number of fused-ring (bicyclic) bond motifs is 1. The van der Waals surface area contributed by atoms with Gasteiger partial charge in [0, 0.05) is 0 Å². The molecule has 0 bridgehead atoms. The topological polar surface area (TPSA) is 105 Å². The third kappa shape index (κ3) is 1.66. The maximum atomic E-state index is 12.0. The van der Waals surface area contributed by atoms with Crippen molar-refractivity contribution < 1.29 is 22.7 Å². The molecule has 0 atom stereocenters. The lowest BCUT2D eigenvalue weighted by Gasteiger charge is -2.13. The number of rotatable bonds is 2. The second-order valence-electron chi connectivity index (χ2n) is 3.31. The third-order valence-electron chi connectivity index (χ3n) is 2.30. The molecule has 0 fully saturated rings. The van der Waals surface area contributed by atoms with E-state index in [1.807, 2.05) is 0 Å². The first kappa shape index (κ1) is 12.5. The number of ether oxygens (including phenoxy) is 1. The molecule has 2 rings (SSSR count). The number of carbonyl (C=O) groups excluding carboxylic acids is 2. The van der Waals surface area contributed by atoms with Gasteiger partial charge in [-0.15, -0.1) is 11.3 Å². The Labute approximate surface area is 106 Å². The van der Waals surface area contributed by atoms with Crippen LogP contribution in [0.3, 0.4) is 0 Å². The van der Waals surface area contributed by atoms with Crippen molar-refractivity contribution in [2.75, 3.05) is 13.7 Å². The summed E-state index contributed by atoms with van der Waals surface area (Å²) < 4.78 is 28.7. The van der Waals surface area contributed by atoms with Crippen LogP contribution in [-0.2, 0) is 19.6 Å². The van der Waals surface area contributed by atoms with E-state index >= 15 is 0 Å². The molecule has 0 spiro atoms. The van der Waals surface area contributed by atoms with Crippen LogP contribution >= 0.6 is 11.3 Å². The van der Waals surface area contributed by atoms with E-state index in [0.29, 0.717) is 4.31 Å². The summed E-state index contributed by atoms with van der Waals surface area (Å²) >= 11 is 0.787. The van der Waals surface area contributed by atoms with E-state index in [2.05, 4.69) is 4.74 Å². The highest BCUT2D eigenvalue weighted by Crippen LogP contribution is 2.36. The van der Waals surface area contributed by atoms with Gasteiger partial charge in [-0.1, -0.05) is 0 Å². The smallest absolute Gasteiger partial charge is 0.326 e. The van der Waals surface area contributed by atoms with Crippen molar-refractivity contribution >= 4 is 33.2 Å². The highest BCUT2D eigenvalue weighted by molar-refractivity contribution is 7.90. The standard InChI is InChI=1S/C9H6N2O5S2/c1-16-7(12)4-11-9(13)8-6(18(11,14)15)2-5(3-10)17-8/h2H,4H2,1H3. The molecule has 1 aliphatic rings. The van der Waals surface area contributed by atoms with Crippen LogP contribution in [0.15, 0.2) is 11.0 Å². The summed E-state index contributed by atoms with van der Waals surface area (Å²) in [6.45, 7) is -0.666. The first-order valence-electron chi connectivity index (χ1n) is 4.59. The second-order valence-corrected chi connectivity index (χ2v) is 6.19. The molecule has 0 unspecified atom stereocenters. The number of sulfonamides is 1. The predicted molar refractivity (Wildman–Crippen MR) is 59.3 cm³/mol. The summed E-state index contributed by atoms with van der Waals surface area (Å²) in [6.07, 6.45) is 0. The first-order chi connectivity index (χ1) is 8.41. The lowest BCUT2D eigenvalue weighted by atomic mass is 10.4. The minimum atomic E-state index is -4.05. The van der Waals surface area contributed by atoms with Crippen LogP contribution in [-0.4, -0.2) is 38.3 Å². The molecule has 0 N–H and O–H groups in total. The van der Waals surface area contributed by atoms with E-state index in [-0.39, 0.29) is 14.6 Å². The lowest BCUT2D eigenvalue weighted by Crippen LogP contribution is -2.35. The van der Waals surface area contributed by atoms with Gasteiger partial charge in [0.25, 0.3) is 15.9 Å². The summed E-state index contributed by atoms with van der Waals surface area (Å²) in [6, 6.07) is 2.90. The van der Waals surface area contributed by atoms with Gasteiger partial charge in [0.05, 0.1) is 7.11 Å². The fourth-order valence-electron chi connectivity index (χ4n) is 1.45. The molecule has 7 nitrogen and oxygen atoms in total. The largest absolute Gasteiger partial charge is 0.468 e. The predicted octanol–water partition coefficient (Wildman–Crippen LogP) is -0.0627. The molecule has 0 radical (unpaired) electrons. The number of hydrogen-bond acceptors (Lipinski definition) is 7. The van der Waals surface area contributed by atoms with E-state index in [0.717, 1.165) is 24.5 Å².